The van der Waals surface area contributed by atoms with Crippen molar-refractivity contribution in [3.8, 4) is 0 Å². The quantitative estimate of drug-likeness (QED) is 0.863. The van der Waals surface area contributed by atoms with Gasteiger partial charge in [-0.2, -0.15) is 0 Å². The Balaban J connectivity index is 1.80. The molecule has 1 aromatic rings. The lowest BCUT2D eigenvalue weighted by Gasteiger charge is -2.24. The zero-order chi connectivity index (χ0) is 12.8. The van der Waals surface area contributed by atoms with Crippen LogP contribution in [0.15, 0.2) is 24.5 Å². The second-order valence-electron chi connectivity index (χ2n) is 4.96. The molecule has 0 unspecified atom stereocenters. The van der Waals surface area contributed by atoms with Crippen LogP contribution in [0.4, 0.5) is 4.79 Å². The molecule has 2 amide bonds. The maximum absolute atomic E-state index is 11.9. The van der Waals surface area contributed by atoms with Crippen LogP contribution in [0.3, 0.4) is 0 Å². The van der Waals surface area contributed by atoms with Gasteiger partial charge in [-0.3, -0.25) is 4.98 Å². The fourth-order valence-corrected chi connectivity index (χ4v) is 2.39. The summed E-state index contributed by atoms with van der Waals surface area (Å²) in [6.45, 7) is 1.97. The highest BCUT2D eigenvalue weighted by Crippen LogP contribution is 2.17. The number of carbonyl (C=O) groups excluding carboxylic acids is 1. The van der Waals surface area contributed by atoms with Crippen molar-refractivity contribution in [1.29, 1.82) is 0 Å². The minimum absolute atomic E-state index is 0.0118. The van der Waals surface area contributed by atoms with Gasteiger partial charge in [-0.05, 0) is 31.4 Å². The van der Waals surface area contributed by atoms with Crippen molar-refractivity contribution in [2.45, 2.75) is 51.1 Å². The average molecular weight is 247 g/mol. The maximum atomic E-state index is 11.9. The van der Waals surface area contributed by atoms with E-state index in [2.05, 4.69) is 15.6 Å². The molecular weight excluding hydrogens is 226 g/mol. The molecule has 1 heterocycles. The molecule has 0 aliphatic heterocycles. The molecule has 1 saturated carbocycles. The molecule has 1 atom stereocenters. The summed E-state index contributed by atoms with van der Waals surface area (Å²) in [5.74, 6) is 0. The molecular formula is C14H21N3O. The SMILES string of the molecule is C[C@@H](NC(=O)NC1CCCCC1)c1cccnc1. The molecule has 0 spiro atoms. The number of rotatable bonds is 3. The number of nitrogens with one attached hydrogen (secondary N) is 2. The van der Waals surface area contributed by atoms with E-state index in [4.69, 9.17) is 0 Å². The Labute approximate surface area is 108 Å². The van der Waals surface area contributed by atoms with Crippen molar-refractivity contribution in [3.05, 3.63) is 30.1 Å². The molecule has 0 bridgehead atoms. The Morgan fingerprint density at radius 1 is 1.39 bits per heavy atom. The van der Waals surface area contributed by atoms with Crippen LogP contribution in [0.25, 0.3) is 0 Å². The average Bonchev–Trinajstić information content (AvgIpc) is 2.40. The van der Waals surface area contributed by atoms with E-state index >= 15 is 0 Å². The van der Waals surface area contributed by atoms with E-state index in [9.17, 15) is 4.79 Å². The summed E-state index contributed by atoms with van der Waals surface area (Å²) in [4.78, 5) is 15.9. The standard InChI is InChI=1S/C14H21N3O/c1-11(12-6-5-9-15-10-12)16-14(18)17-13-7-3-2-4-8-13/h5-6,9-11,13H,2-4,7-8H2,1H3,(H2,16,17,18)/t11-/m1/s1. The first-order valence-corrected chi connectivity index (χ1v) is 6.72. The zero-order valence-corrected chi connectivity index (χ0v) is 10.9. The predicted octanol–water partition coefficient (Wildman–Crippen LogP) is 2.77. The van der Waals surface area contributed by atoms with Crippen molar-refractivity contribution in [2.75, 3.05) is 0 Å². The highest BCUT2D eigenvalue weighted by atomic mass is 16.2. The van der Waals surface area contributed by atoms with E-state index in [1.54, 1.807) is 12.4 Å². The topological polar surface area (TPSA) is 54.0 Å². The van der Waals surface area contributed by atoms with Crippen LogP contribution in [0.2, 0.25) is 0 Å². The van der Waals surface area contributed by atoms with Gasteiger partial charge in [0.15, 0.2) is 0 Å². The van der Waals surface area contributed by atoms with E-state index < -0.39 is 0 Å². The first-order valence-electron chi connectivity index (χ1n) is 6.72. The molecule has 0 aromatic carbocycles. The van der Waals surface area contributed by atoms with Crippen LogP contribution in [0.5, 0.6) is 0 Å². The third-order valence-electron chi connectivity index (χ3n) is 3.47. The number of aromatic nitrogens is 1. The van der Waals surface area contributed by atoms with Gasteiger partial charge in [0.25, 0.3) is 0 Å². The fourth-order valence-electron chi connectivity index (χ4n) is 2.39. The highest BCUT2D eigenvalue weighted by molar-refractivity contribution is 5.74. The Hall–Kier alpha value is -1.58. The van der Waals surface area contributed by atoms with Gasteiger partial charge in [0, 0.05) is 18.4 Å². The first-order chi connectivity index (χ1) is 8.75. The largest absolute Gasteiger partial charge is 0.335 e. The third-order valence-corrected chi connectivity index (χ3v) is 3.47. The Kier molecular flexibility index (Phi) is 4.56. The number of pyridine rings is 1. The summed E-state index contributed by atoms with van der Waals surface area (Å²) in [5.41, 5.74) is 1.02. The van der Waals surface area contributed by atoms with Crippen LogP contribution in [-0.2, 0) is 0 Å². The monoisotopic (exact) mass is 247 g/mol. The van der Waals surface area contributed by atoms with Crippen molar-refractivity contribution in [1.82, 2.24) is 15.6 Å². The smallest absolute Gasteiger partial charge is 0.315 e. The van der Waals surface area contributed by atoms with Crippen molar-refractivity contribution in [3.63, 3.8) is 0 Å². The summed E-state index contributed by atoms with van der Waals surface area (Å²) in [5, 5.41) is 6.00. The van der Waals surface area contributed by atoms with Gasteiger partial charge in [-0.1, -0.05) is 25.3 Å². The van der Waals surface area contributed by atoms with E-state index in [-0.39, 0.29) is 12.1 Å². The third kappa shape index (κ3) is 3.72. The molecule has 1 aliphatic carbocycles. The van der Waals surface area contributed by atoms with Gasteiger partial charge < -0.3 is 10.6 Å². The van der Waals surface area contributed by atoms with E-state index in [1.807, 2.05) is 19.1 Å². The Morgan fingerprint density at radius 3 is 2.83 bits per heavy atom. The molecule has 2 N–H and O–H groups in total. The minimum atomic E-state index is -0.0711. The number of hydrogen-bond donors (Lipinski definition) is 2. The Morgan fingerprint density at radius 2 is 2.17 bits per heavy atom. The maximum Gasteiger partial charge on any atom is 0.315 e. The molecule has 1 aliphatic rings. The molecule has 1 fully saturated rings. The van der Waals surface area contributed by atoms with Gasteiger partial charge in [-0.15, -0.1) is 0 Å². The lowest BCUT2D eigenvalue weighted by atomic mass is 9.96. The van der Waals surface area contributed by atoms with Gasteiger partial charge in [0.1, 0.15) is 0 Å². The van der Waals surface area contributed by atoms with Gasteiger partial charge in [0.05, 0.1) is 6.04 Å². The fraction of sp³-hybridized carbons (Fsp3) is 0.571. The van der Waals surface area contributed by atoms with Gasteiger partial charge in [0.2, 0.25) is 0 Å². The summed E-state index contributed by atoms with van der Waals surface area (Å²) >= 11 is 0. The molecule has 0 saturated heterocycles. The molecule has 18 heavy (non-hydrogen) atoms. The summed E-state index contributed by atoms with van der Waals surface area (Å²) in [7, 11) is 0. The van der Waals surface area contributed by atoms with E-state index in [1.165, 1.54) is 19.3 Å². The lowest BCUT2D eigenvalue weighted by molar-refractivity contribution is 0.229. The first kappa shape index (κ1) is 12.9. The molecule has 4 nitrogen and oxygen atoms in total. The normalized spacial score (nSPS) is 18.1. The zero-order valence-electron chi connectivity index (χ0n) is 10.9. The second kappa shape index (κ2) is 6.38. The number of hydrogen-bond acceptors (Lipinski definition) is 2. The van der Waals surface area contributed by atoms with Crippen LogP contribution in [-0.4, -0.2) is 17.1 Å². The lowest BCUT2D eigenvalue weighted by Crippen LogP contribution is -2.43. The molecule has 0 radical (unpaired) electrons. The second-order valence-corrected chi connectivity index (χ2v) is 4.96. The van der Waals surface area contributed by atoms with Crippen LogP contribution < -0.4 is 10.6 Å². The summed E-state index contributed by atoms with van der Waals surface area (Å²) in [6, 6.07) is 4.12. The number of amides is 2. The van der Waals surface area contributed by atoms with Gasteiger partial charge >= 0.3 is 6.03 Å². The molecule has 1 aromatic heterocycles. The van der Waals surface area contributed by atoms with Crippen molar-refractivity contribution >= 4 is 6.03 Å². The number of nitrogens with zero attached hydrogens (tertiary/aromatic N) is 1. The highest BCUT2D eigenvalue weighted by Gasteiger charge is 2.16. The number of carbonyl (C=O) groups is 1. The van der Waals surface area contributed by atoms with E-state index in [0.717, 1.165) is 18.4 Å². The van der Waals surface area contributed by atoms with E-state index in [0.29, 0.717) is 6.04 Å². The number of urea groups is 1. The van der Waals surface area contributed by atoms with Gasteiger partial charge in [-0.25, -0.2) is 4.79 Å². The van der Waals surface area contributed by atoms with Crippen LogP contribution >= 0.6 is 0 Å². The molecule has 2 rings (SSSR count). The Bertz CT molecular complexity index is 374. The molecule has 98 valence electrons. The molecule has 4 heteroatoms. The minimum Gasteiger partial charge on any atom is -0.335 e. The van der Waals surface area contributed by atoms with Crippen LogP contribution in [0.1, 0.15) is 50.6 Å². The van der Waals surface area contributed by atoms with Crippen molar-refractivity contribution in [2.24, 2.45) is 0 Å². The van der Waals surface area contributed by atoms with Crippen molar-refractivity contribution < 1.29 is 4.79 Å². The summed E-state index contributed by atoms with van der Waals surface area (Å²) < 4.78 is 0. The predicted molar refractivity (Wildman–Crippen MR) is 71.2 cm³/mol. The summed E-state index contributed by atoms with van der Waals surface area (Å²) in [6.07, 6.45) is 9.48. The van der Waals surface area contributed by atoms with Crippen LogP contribution in [0, 0.1) is 0 Å².